The van der Waals surface area contributed by atoms with Crippen LogP contribution in [0.1, 0.15) is 37.7 Å². The van der Waals surface area contributed by atoms with E-state index in [1.165, 1.54) is 32.1 Å². The van der Waals surface area contributed by atoms with Crippen LogP contribution in [0, 0.1) is 17.8 Å². The Morgan fingerprint density at radius 3 is 2.43 bits per heavy atom. The van der Waals surface area contributed by atoms with Gasteiger partial charge in [-0.1, -0.05) is 49.3 Å². The van der Waals surface area contributed by atoms with E-state index < -0.39 is 0 Å². The van der Waals surface area contributed by atoms with Crippen molar-refractivity contribution in [1.82, 2.24) is 4.90 Å². The lowest BCUT2D eigenvalue weighted by atomic mass is 9.83. The number of nitrogens with zero attached hydrogens (tertiary/aromatic N) is 1. The fourth-order valence-corrected chi connectivity index (χ4v) is 3.49. The van der Waals surface area contributed by atoms with E-state index in [2.05, 4.69) is 41.0 Å². The van der Waals surface area contributed by atoms with Gasteiger partial charge in [0.15, 0.2) is 0 Å². The summed E-state index contributed by atoms with van der Waals surface area (Å²) in [6.45, 7) is 3.78. The van der Waals surface area contributed by atoms with Crippen molar-refractivity contribution in [3.05, 3.63) is 35.9 Å². The second-order valence-corrected chi connectivity index (χ2v) is 6.13. The van der Waals surface area contributed by atoms with Crippen molar-refractivity contribution >= 4 is 0 Å². The van der Waals surface area contributed by atoms with Crippen molar-refractivity contribution in [2.75, 3.05) is 26.3 Å². The van der Waals surface area contributed by atoms with Gasteiger partial charge in [-0.3, -0.25) is 4.90 Å². The molecule has 0 N–H and O–H groups in total. The Morgan fingerprint density at radius 2 is 1.71 bits per heavy atom. The molecule has 0 bridgehead atoms. The maximum atomic E-state index is 5.51. The van der Waals surface area contributed by atoms with Crippen LogP contribution in [0.5, 0.6) is 0 Å². The Hall–Kier alpha value is -1.30. The molecule has 3 rings (SSSR count). The lowest BCUT2D eigenvalue weighted by molar-refractivity contribution is 0.0125. The monoisotopic (exact) mass is 283 g/mol. The van der Waals surface area contributed by atoms with E-state index in [0.29, 0.717) is 6.04 Å². The normalized spacial score (nSPS) is 22.3. The van der Waals surface area contributed by atoms with Crippen LogP contribution in [0.2, 0.25) is 0 Å². The Morgan fingerprint density at radius 1 is 1.00 bits per heavy atom. The number of ether oxygens (including phenoxy) is 1. The summed E-state index contributed by atoms with van der Waals surface area (Å²) >= 11 is 0. The summed E-state index contributed by atoms with van der Waals surface area (Å²) in [5, 5.41) is 0. The average Bonchev–Trinajstić information content (AvgIpc) is 2.58. The average molecular weight is 283 g/mol. The molecule has 1 unspecified atom stereocenters. The Balaban J connectivity index is 1.76. The van der Waals surface area contributed by atoms with E-state index in [1.807, 2.05) is 6.07 Å². The molecule has 1 aliphatic heterocycles. The molecule has 0 aromatic heterocycles. The fraction of sp³-hybridized carbons (Fsp3) is 0.579. The Bertz CT molecular complexity index is 457. The van der Waals surface area contributed by atoms with Crippen LogP contribution in [-0.4, -0.2) is 37.2 Å². The van der Waals surface area contributed by atoms with Gasteiger partial charge in [0.05, 0.1) is 19.3 Å². The molecule has 2 aliphatic rings. The highest BCUT2D eigenvalue weighted by molar-refractivity contribution is 5.35. The third kappa shape index (κ3) is 4.09. The maximum absolute atomic E-state index is 5.51. The van der Waals surface area contributed by atoms with Gasteiger partial charge in [-0.25, -0.2) is 0 Å². The molecular formula is C19H25NO. The van der Waals surface area contributed by atoms with Crippen LogP contribution in [0.15, 0.2) is 30.3 Å². The van der Waals surface area contributed by atoms with Gasteiger partial charge in [0.1, 0.15) is 0 Å². The predicted molar refractivity (Wildman–Crippen MR) is 86.1 cm³/mol. The van der Waals surface area contributed by atoms with Crippen LogP contribution >= 0.6 is 0 Å². The van der Waals surface area contributed by atoms with E-state index in [9.17, 15) is 0 Å². The highest BCUT2D eigenvalue weighted by atomic mass is 16.5. The van der Waals surface area contributed by atoms with Crippen LogP contribution in [0.3, 0.4) is 0 Å². The minimum Gasteiger partial charge on any atom is -0.379 e. The highest BCUT2D eigenvalue weighted by Crippen LogP contribution is 2.29. The van der Waals surface area contributed by atoms with Crippen molar-refractivity contribution in [2.45, 2.75) is 38.1 Å². The zero-order chi connectivity index (χ0) is 14.3. The minimum absolute atomic E-state index is 0.411. The van der Waals surface area contributed by atoms with Crippen LogP contribution in [-0.2, 0) is 4.74 Å². The van der Waals surface area contributed by atoms with Gasteiger partial charge >= 0.3 is 0 Å². The summed E-state index contributed by atoms with van der Waals surface area (Å²) in [6, 6.07) is 10.8. The van der Waals surface area contributed by atoms with Gasteiger partial charge in [-0.05, 0) is 30.9 Å². The molecule has 2 heteroatoms. The summed E-state index contributed by atoms with van der Waals surface area (Å²) < 4.78 is 5.51. The molecule has 0 radical (unpaired) electrons. The largest absolute Gasteiger partial charge is 0.379 e. The number of benzene rings is 1. The molecule has 112 valence electrons. The molecule has 1 saturated carbocycles. The van der Waals surface area contributed by atoms with Gasteiger partial charge in [-0.15, -0.1) is 0 Å². The molecule has 0 spiro atoms. The lowest BCUT2D eigenvalue weighted by Gasteiger charge is -2.37. The first-order valence-electron chi connectivity index (χ1n) is 8.32. The molecule has 2 fully saturated rings. The second-order valence-electron chi connectivity index (χ2n) is 6.13. The zero-order valence-electron chi connectivity index (χ0n) is 12.8. The van der Waals surface area contributed by atoms with E-state index in [0.717, 1.165) is 37.8 Å². The van der Waals surface area contributed by atoms with E-state index in [1.54, 1.807) is 0 Å². The number of rotatable bonds is 2. The molecule has 1 aromatic carbocycles. The van der Waals surface area contributed by atoms with Gasteiger partial charge in [-0.2, -0.15) is 0 Å². The third-order valence-corrected chi connectivity index (χ3v) is 4.67. The molecule has 2 nitrogen and oxygen atoms in total. The SMILES string of the molecule is C(#CC(C1CCCCC1)N1CCOCC1)c1ccccc1. The Labute approximate surface area is 128 Å². The molecule has 21 heavy (non-hydrogen) atoms. The van der Waals surface area contributed by atoms with Crippen molar-refractivity contribution < 1.29 is 4.74 Å². The van der Waals surface area contributed by atoms with Crippen molar-refractivity contribution in [3.63, 3.8) is 0 Å². The number of hydrogen-bond donors (Lipinski definition) is 0. The van der Waals surface area contributed by atoms with Gasteiger partial charge in [0.2, 0.25) is 0 Å². The third-order valence-electron chi connectivity index (χ3n) is 4.67. The maximum Gasteiger partial charge on any atom is 0.0748 e. The quantitative estimate of drug-likeness (QED) is 0.772. The van der Waals surface area contributed by atoms with Crippen molar-refractivity contribution in [3.8, 4) is 11.8 Å². The van der Waals surface area contributed by atoms with Crippen LogP contribution < -0.4 is 0 Å². The van der Waals surface area contributed by atoms with Crippen LogP contribution in [0.4, 0.5) is 0 Å². The first-order valence-corrected chi connectivity index (χ1v) is 8.32. The zero-order valence-corrected chi connectivity index (χ0v) is 12.8. The van der Waals surface area contributed by atoms with Gasteiger partial charge < -0.3 is 4.74 Å². The standard InChI is InChI=1S/C19H25NO/c1-3-7-17(8-4-1)11-12-19(18-9-5-2-6-10-18)20-13-15-21-16-14-20/h1,3-4,7-8,18-19H,2,5-6,9-10,13-16H2. The van der Waals surface area contributed by atoms with Crippen LogP contribution in [0.25, 0.3) is 0 Å². The fourth-order valence-electron chi connectivity index (χ4n) is 3.49. The number of hydrogen-bond acceptors (Lipinski definition) is 2. The summed E-state index contributed by atoms with van der Waals surface area (Å²) in [7, 11) is 0. The van der Waals surface area contributed by atoms with Gasteiger partial charge in [0.25, 0.3) is 0 Å². The van der Waals surface area contributed by atoms with Crippen molar-refractivity contribution in [1.29, 1.82) is 0 Å². The predicted octanol–water partition coefficient (Wildman–Crippen LogP) is 3.32. The van der Waals surface area contributed by atoms with Gasteiger partial charge in [0, 0.05) is 18.7 Å². The molecule has 1 atom stereocenters. The summed E-state index contributed by atoms with van der Waals surface area (Å²) in [4.78, 5) is 2.55. The molecular weight excluding hydrogens is 258 g/mol. The molecule has 1 saturated heterocycles. The lowest BCUT2D eigenvalue weighted by Crippen LogP contribution is -2.46. The molecule has 0 amide bonds. The first-order chi connectivity index (χ1) is 10.4. The smallest absolute Gasteiger partial charge is 0.0748 e. The van der Waals surface area contributed by atoms with E-state index >= 15 is 0 Å². The van der Waals surface area contributed by atoms with E-state index in [4.69, 9.17) is 4.74 Å². The molecule has 1 heterocycles. The Kier molecular flexibility index (Phi) is 5.32. The first kappa shape index (κ1) is 14.6. The second kappa shape index (κ2) is 7.64. The summed E-state index contributed by atoms with van der Waals surface area (Å²) in [6.07, 6.45) is 6.83. The van der Waals surface area contributed by atoms with E-state index in [-0.39, 0.29) is 0 Å². The summed E-state index contributed by atoms with van der Waals surface area (Å²) in [5.41, 5.74) is 1.13. The minimum atomic E-state index is 0.411. The topological polar surface area (TPSA) is 12.5 Å². The number of morpholine rings is 1. The van der Waals surface area contributed by atoms with Crippen molar-refractivity contribution in [2.24, 2.45) is 5.92 Å². The molecule has 1 aliphatic carbocycles. The highest BCUT2D eigenvalue weighted by Gasteiger charge is 2.28. The molecule has 1 aromatic rings. The summed E-state index contributed by atoms with van der Waals surface area (Å²) in [5.74, 6) is 7.75.